The molecule has 0 amide bonds. The zero-order valence-electron chi connectivity index (χ0n) is 6.68. The van der Waals surface area contributed by atoms with Crippen molar-refractivity contribution in [3.8, 4) is 0 Å². The van der Waals surface area contributed by atoms with E-state index in [2.05, 4.69) is 0 Å². The van der Waals surface area contributed by atoms with Crippen LogP contribution in [0.2, 0.25) is 5.32 Å². The van der Waals surface area contributed by atoms with E-state index in [-0.39, 0.29) is 21.6 Å². The Hall–Kier alpha value is -0.341. The van der Waals surface area contributed by atoms with Crippen LogP contribution in [0.25, 0.3) is 0 Å². The summed E-state index contributed by atoms with van der Waals surface area (Å²) in [6, 6.07) is 10.0. The quantitative estimate of drug-likeness (QED) is 0.704. The third-order valence-electron chi connectivity index (χ3n) is 1.40. The molecule has 0 aliphatic heterocycles. The number of aliphatic hydroxyl groups excluding tert-OH is 2. The summed E-state index contributed by atoms with van der Waals surface area (Å²) in [5, 5.41) is 18.3. The SMILES string of the molecule is OCC(O)C[Se]c1ccccc1. The first-order valence-electron chi connectivity index (χ1n) is 3.79. The van der Waals surface area contributed by atoms with Gasteiger partial charge in [0, 0.05) is 0 Å². The Kier molecular flexibility index (Phi) is 4.33. The minimum absolute atomic E-state index is 0.130. The molecule has 0 aliphatic rings. The zero-order valence-corrected chi connectivity index (χ0v) is 8.39. The van der Waals surface area contributed by atoms with Gasteiger partial charge in [0.25, 0.3) is 0 Å². The molecule has 0 saturated carbocycles. The van der Waals surface area contributed by atoms with Gasteiger partial charge in [-0.25, -0.2) is 0 Å². The fourth-order valence-electron chi connectivity index (χ4n) is 0.762. The van der Waals surface area contributed by atoms with Crippen LogP contribution in [0.4, 0.5) is 0 Å². The molecular weight excluding hydrogens is 219 g/mol. The molecule has 0 radical (unpaired) electrons. The fourth-order valence-corrected chi connectivity index (χ4v) is 2.52. The van der Waals surface area contributed by atoms with Crippen LogP contribution in [0.15, 0.2) is 30.3 Å². The van der Waals surface area contributed by atoms with Crippen LogP contribution >= 0.6 is 0 Å². The van der Waals surface area contributed by atoms with Crippen molar-refractivity contribution in [2.45, 2.75) is 11.4 Å². The fraction of sp³-hybridized carbons (Fsp3) is 0.333. The van der Waals surface area contributed by atoms with Crippen LogP contribution in [-0.4, -0.2) is 37.9 Å². The van der Waals surface area contributed by atoms with Crippen molar-refractivity contribution in [2.24, 2.45) is 0 Å². The summed E-state index contributed by atoms with van der Waals surface area (Å²) in [4.78, 5) is 0. The molecule has 66 valence electrons. The van der Waals surface area contributed by atoms with E-state index >= 15 is 0 Å². The van der Waals surface area contributed by atoms with Crippen molar-refractivity contribution in [1.29, 1.82) is 0 Å². The normalized spacial score (nSPS) is 12.8. The predicted octanol–water partition coefficient (Wildman–Crippen LogP) is -0.212. The molecule has 1 rings (SSSR count). The summed E-state index contributed by atoms with van der Waals surface area (Å²) in [6.07, 6.45) is -0.551. The van der Waals surface area contributed by atoms with Crippen molar-refractivity contribution >= 4 is 19.4 Å². The van der Waals surface area contributed by atoms with E-state index in [4.69, 9.17) is 10.2 Å². The number of rotatable bonds is 4. The molecular formula is C9H12O2Se. The van der Waals surface area contributed by atoms with E-state index in [1.165, 1.54) is 4.46 Å². The van der Waals surface area contributed by atoms with Crippen molar-refractivity contribution in [1.82, 2.24) is 0 Å². The molecule has 0 spiro atoms. The molecule has 0 aromatic heterocycles. The summed E-state index contributed by atoms with van der Waals surface area (Å²) in [6.45, 7) is -0.130. The Labute approximate surface area is 78.4 Å². The topological polar surface area (TPSA) is 40.5 Å². The van der Waals surface area contributed by atoms with Gasteiger partial charge in [-0.3, -0.25) is 0 Å². The molecule has 0 fully saturated rings. The second-order valence-electron chi connectivity index (χ2n) is 2.46. The first-order chi connectivity index (χ1) is 5.83. The third-order valence-corrected chi connectivity index (χ3v) is 3.82. The summed E-state index contributed by atoms with van der Waals surface area (Å²) in [7, 11) is 0. The van der Waals surface area contributed by atoms with Gasteiger partial charge in [-0.1, -0.05) is 0 Å². The first kappa shape index (κ1) is 9.75. The Bertz CT molecular complexity index is 213. The Morgan fingerprint density at radius 2 is 1.92 bits per heavy atom. The van der Waals surface area contributed by atoms with Gasteiger partial charge in [0.2, 0.25) is 0 Å². The standard InChI is InChI=1S/C9H12O2Se/c10-6-8(11)7-12-9-4-2-1-3-5-9/h1-5,8,10-11H,6-7H2. The molecule has 1 unspecified atom stereocenters. The van der Waals surface area contributed by atoms with Gasteiger partial charge in [-0.2, -0.15) is 0 Å². The van der Waals surface area contributed by atoms with E-state index in [1.54, 1.807) is 0 Å². The Morgan fingerprint density at radius 1 is 1.25 bits per heavy atom. The molecule has 12 heavy (non-hydrogen) atoms. The number of aliphatic hydroxyl groups is 2. The second-order valence-corrected chi connectivity index (χ2v) is 4.75. The molecule has 1 aromatic rings. The van der Waals surface area contributed by atoms with Crippen LogP contribution in [-0.2, 0) is 0 Å². The summed E-state index contributed by atoms with van der Waals surface area (Å²) < 4.78 is 1.26. The Morgan fingerprint density at radius 3 is 2.50 bits per heavy atom. The summed E-state index contributed by atoms with van der Waals surface area (Å²) in [5.74, 6) is 0. The summed E-state index contributed by atoms with van der Waals surface area (Å²) >= 11 is 0.281. The van der Waals surface area contributed by atoms with E-state index < -0.39 is 6.10 Å². The first-order valence-corrected chi connectivity index (χ1v) is 5.86. The maximum atomic E-state index is 9.08. The summed E-state index contributed by atoms with van der Waals surface area (Å²) in [5.41, 5.74) is 0. The van der Waals surface area contributed by atoms with Gasteiger partial charge >= 0.3 is 78.0 Å². The number of hydrogen-bond donors (Lipinski definition) is 2. The third kappa shape index (κ3) is 3.37. The van der Waals surface area contributed by atoms with Gasteiger partial charge in [0.15, 0.2) is 0 Å². The predicted molar refractivity (Wildman–Crippen MR) is 49.7 cm³/mol. The molecule has 0 bridgehead atoms. The maximum absolute atomic E-state index is 9.08. The van der Waals surface area contributed by atoms with Crippen LogP contribution in [0.5, 0.6) is 0 Å². The monoisotopic (exact) mass is 232 g/mol. The van der Waals surface area contributed by atoms with Gasteiger partial charge in [0.05, 0.1) is 0 Å². The molecule has 2 N–H and O–H groups in total. The average Bonchev–Trinajstić information content (AvgIpc) is 2.16. The number of benzene rings is 1. The minimum atomic E-state index is -0.551. The van der Waals surface area contributed by atoms with E-state index in [0.29, 0.717) is 5.32 Å². The average molecular weight is 231 g/mol. The molecule has 0 saturated heterocycles. The van der Waals surface area contributed by atoms with Crippen LogP contribution in [0.3, 0.4) is 0 Å². The van der Waals surface area contributed by atoms with Crippen LogP contribution in [0, 0.1) is 0 Å². The zero-order chi connectivity index (χ0) is 8.81. The van der Waals surface area contributed by atoms with Crippen LogP contribution < -0.4 is 4.46 Å². The van der Waals surface area contributed by atoms with Crippen molar-refractivity contribution in [3.63, 3.8) is 0 Å². The molecule has 2 nitrogen and oxygen atoms in total. The molecule has 3 heteroatoms. The van der Waals surface area contributed by atoms with E-state index in [9.17, 15) is 0 Å². The molecule has 1 aromatic carbocycles. The molecule has 1 atom stereocenters. The van der Waals surface area contributed by atoms with E-state index in [0.717, 1.165) is 0 Å². The van der Waals surface area contributed by atoms with Crippen molar-refractivity contribution in [2.75, 3.05) is 6.61 Å². The van der Waals surface area contributed by atoms with E-state index in [1.807, 2.05) is 30.3 Å². The second kappa shape index (κ2) is 5.33. The van der Waals surface area contributed by atoms with Crippen molar-refractivity contribution in [3.05, 3.63) is 30.3 Å². The number of hydrogen-bond acceptors (Lipinski definition) is 2. The van der Waals surface area contributed by atoms with Crippen molar-refractivity contribution < 1.29 is 10.2 Å². The van der Waals surface area contributed by atoms with Gasteiger partial charge in [-0.05, 0) is 0 Å². The Balaban J connectivity index is 2.33. The van der Waals surface area contributed by atoms with Gasteiger partial charge in [-0.15, -0.1) is 0 Å². The van der Waals surface area contributed by atoms with Gasteiger partial charge in [0.1, 0.15) is 0 Å². The molecule has 0 heterocycles. The van der Waals surface area contributed by atoms with Gasteiger partial charge < -0.3 is 0 Å². The molecule has 0 aliphatic carbocycles. The van der Waals surface area contributed by atoms with Crippen LogP contribution in [0.1, 0.15) is 0 Å².